The van der Waals surface area contributed by atoms with Crippen molar-refractivity contribution in [3.63, 3.8) is 0 Å². The predicted molar refractivity (Wildman–Crippen MR) is 37.6 cm³/mol. The second-order valence-corrected chi connectivity index (χ2v) is 2.71. The second kappa shape index (κ2) is 2.84. The zero-order valence-electron chi connectivity index (χ0n) is 6.16. The zero-order valence-corrected chi connectivity index (χ0v) is 6.16. The molecular weight excluding hydrogens is 132 g/mol. The molecule has 0 amide bonds. The summed E-state index contributed by atoms with van der Waals surface area (Å²) in [5, 5.41) is 17.7. The molecule has 0 aliphatic carbocycles. The van der Waals surface area contributed by atoms with Gasteiger partial charge in [-0.25, -0.2) is 0 Å². The summed E-state index contributed by atoms with van der Waals surface area (Å²) >= 11 is 0. The third-order valence-electron chi connectivity index (χ3n) is 1.26. The van der Waals surface area contributed by atoms with Gasteiger partial charge in [0.15, 0.2) is 0 Å². The smallest absolute Gasteiger partial charge is 0.313 e. The number of aliphatic carboxylic acids is 1. The molecule has 0 saturated heterocycles. The molecule has 10 heavy (non-hydrogen) atoms. The molecule has 0 aromatic rings. The van der Waals surface area contributed by atoms with Crippen molar-refractivity contribution < 1.29 is 15.0 Å². The normalized spacial score (nSPS) is 14.3. The molecular formula is C7H12O3. The summed E-state index contributed by atoms with van der Waals surface area (Å²) in [4.78, 5) is 10.3. The lowest BCUT2D eigenvalue weighted by Gasteiger charge is -2.22. The highest BCUT2D eigenvalue weighted by Crippen LogP contribution is 2.16. The van der Waals surface area contributed by atoms with E-state index in [1.54, 1.807) is 0 Å². The van der Waals surface area contributed by atoms with Crippen LogP contribution in [0.1, 0.15) is 13.8 Å². The Bertz CT molecular complexity index is 143. The largest absolute Gasteiger partial charge is 0.481 e. The summed E-state index contributed by atoms with van der Waals surface area (Å²) in [6.07, 6.45) is 1.22. The van der Waals surface area contributed by atoms with E-state index in [1.807, 2.05) is 0 Å². The molecule has 0 rings (SSSR count). The van der Waals surface area contributed by atoms with E-state index in [0.717, 1.165) is 0 Å². The van der Waals surface area contributed by atoms with Gasteiger partial charge in [-0.1, -0.05) is 6.08 Å². The van der Waals surface area contributed by atoms with Crippen molar-refractivity contribution in [3.05, 3.63) is 12.7 Å². The van der Waals surface area contributed by atoms with Gasteiger partial charge < -0.3 is 10.2 Å². The maximum absolute atomic E-state index is 10.3. The molecule has 0 heterocycles. The number of carboxylic acid groups (broad SMARTS) is 1. The molecule has 0 fully saturated rings. The predicted octanol–water partition coefficient (Wildman–Crippen LogP) is 0.644. The monoisotopic (exact) mass is 144 g/mol. The Labute approximate surface area is 60.0 Å². The summed E-state index contributed by atoms with van der Waals surface area (Å²) < 4.78 is 0. The highest BCUT2D eigenvalue weighted by Gasteiger charge is 2.29. The molecule has 2 N–H and O–H groups in total. The molecule has 0 saturated carbocycles. The van der Waals surface area contributed by atoms with Crippen LogP contribution < -0.4 is 0 Å². The lowest BCUT2D eigenvalue weighted by Crippen LogP contribution is -2.34. The maximum atomic E-state index is 10.3. The van der Waals surface area contributed by atoms with E-state index in [-0.39, 0.29) is 0 Å². The minimum Gasteiger partial charge on any atom is -0.481 e. The molecule has 3 nitrogen and oxygen atoms in total. The fraction of sp³-hybridized carbons (Fsp3) is 0.571. The van der Waals surface area contributed by atoms with Gasteiger partial charge in [-0.2, -0.15) is 0 Å². The lowest BCUT2D eigenvalue weighted by atomic mass is 9.91. The molecule has 58 valence electrons. The van der Waals surface area contributed by atoms with E-state index in [9.17, 15) is 9.90 Å². The van der Waals surface area contributed by atoms with E-state index < -0.39 is 17.5 Å². The zero-order chi connectivity index (χ0) is 8.36. The van der Waals surface area contributed by atoms with Gasteiger partial charge in [-0.3, -0.25) is 4.79 Å². The Morgan fingerprint density at radius 2 is 2.10 bits per heavy atom. The lowest BCUT2D eigenvalue weighted by molar-refractivity contribution is -0.146. The van der Waals surface area contributed by atoms with E-state index in [1.165, 1.54) is 19.9 Å². The summed E-state index contributed by atoms with van der Waals surface area (Å²) in [7, 11) is 0. The number of carboxylic acids is 1. The van der Waals surface area contributed by atoms with E-state index in [4.69, 9.17) is 5.11 Å². The fourth-order valence-corrected chi connectivity index (χ4v) is 0.691. The van der Waals surface area contributed by atoms with E-state index in [2.05, 4.69) is 6.58 Å². The van der Waals surface area contributed by atoms with Crippen LogP contribution >= 0.6 is 0 Å². The van der Waals surface area contributed by atoms with Crippen molar-refractivity contribution in [1.82, 2.24) is 0 Å². The van der Waals surface area contributed by atoms with Crippen LogP contribution in [0.15, 0.2) is 12.7 Å². The SMILES string of the molecule is C=CC(C(=O)O)C(C)(C)O. The van der Waals surface area contributed by atoms with Crippen molar-refractivity contribution in [2.45, 2.75) is 19.4 Å². The molecule has 3 heteroatoms. The Balaban J connectivity index is 4.36. The van der Waals surface area contributed by atoms with Gasteiger partial charge in [0.1, 0.15) is 5.92 Å². The van der Waals surface area contributed by atoms with Crippen LogP contribution in [0.4, 0.5) is 0 Å². The van der Waals surface area contributed by atoms with Gasteiger partial charge in [-0.15, -0.1) is 6.58 Å². The van der Waals surface area contributed by atoms with E-state index in [0.29, 0.717) is 0 Å². The Hall–Kier alpha value is -0.830. The molecule has 0 radical (unpaired) electrons. The van der Waals surface area contributed by atoms with Crippen molar-refractivity contribution in [2.24, 2.45) is 5.92 Å². The van der Waals surface area contributed by atoms with Crippen LogP contribution in [0.2, 0.25) is 0 Å². The first-order valence-corrected chi connectivity index (χ1v) is 2.97. The third-order valence-corrected chi connectivity index (χ3v) is 1.26. The summed E-state index contributed by atoms with van der Waals surface area (Å²) in [6, 6.07) is 0. The molecule has 0 aliphatic rings. The Morgan fingerprint density at radius 1 is 1.70 bits per heavy atom. The first kappa shape index (κ1) is 9.17. The number of rotatable bonds is 3. The molecule has 1 unspecified atom stereocenters. The minimum atomic E-state index is -1.23. The minimum absolute atomic E-state index is 0.896. The molecule has 0 bridgehead atoms. The summed E-state index contributed by atoms with van der Waals surface area (Å²) in [6.45, 7) is 6.18. The van der Waals surface area contributed by atoms with Gasteiger partial charge in [0.2, 0.25) is 0 Å². The number of hydrogen-bond acceptors (Lipinski definition) is 2. The topological polar surface area (TPSA) is 57.5 Å². The van der Waals surface area contributed by atoms with Crippen molar-refractivity contribution in [3.8, 4) is 0 Å². The number of hydrogen-bond donors (Lipinski definition) is 2. The van der Waals surface area contributed by atoms with Crippen molar-refractivity contribution in [2.75, 3.05) is 0 Å². The summed E-state index contributed by atoms with van der Waals surface area (Å²) in [5.74, 6) is -1.95. The fourth-order valence-electron chi connectivity index (χ4n) is 0.691. The molecule has 0 aliphatic heterocycles. The number of aliphatic hydroxyl groups is 1. The molecule has 0 aromatic heterocycles. The van der Waals surface area contributed by atoms with Crippen LogP contribution in [-0.4, -0.2) is 21.8 Å². The first-order valence-electron chi connectivity index (χ1n) is 2.97. The van der Waals surface area contributed by atoms with E-state index >= 15 is 0 Å². The summed E-state index contributed by atoms with van der Waals surface area (Å²) in [5.41, 5.74) is -1.23. The quantitative estimate of drug-likeness (QED) is 0.571. The van der Waals surface area contributed by atoms with Gasteiger partial charge in [0.25, 0.3) is 0 Å². The maximum Gasteiger partial charge on any atom is 0.313 e. The highest BCUT2D eigenvalue weighted by atomic mass is 16.4. The molecule has 0 aromatic carbocycles. The third kappa shape index (κ3) is 2.19. The van der Waals surface area contributed by atoms with Gasteiger partial charge in [0, 0.05) is 0 Å². The average molecular weight is 144 g/mol. The van der Waals surface area contributed by atoms with Crippen molar-refractivity contribution >= 4 is 5.97 Å². The van der Waals surface area contributed by atoms with Crippen LogP contribution in [-0.2, 0) is 4.79 Å². The average Bonchev–Trinajstić information content (AvgIpc) is 1.60. The Kier molecular flexibility index (Phi) is 2.60. The molecule has 0 spiro atoms. The number of carbonyl (C=O) groups is 1. The van der Waals surface area contributed by atoms with Gasteiger partial charge in [-0.05, 0) is 13.8 Å². The highest BCUT2D eigenvalue weighted by molar-refractivity contribution is 5.73. The first-order chi connectivity index (χ1) is 4.39. The van der Waals surface area contributed by atoms with Gasteiger partial charge >= 0.3 is 5.97 Å². The van der Waals surface area contributed by atoms with Crippen molar-refractivity contribution in [1.29, 1.82) is 0 Å². The van der Waals surface area contributed by atoms with Gasteiger partial charge in [0.05, 0.1) is 5.60 Å². The van der Waals surface area contributed by atoms with Crippen LogP contribution in [0.25, 0.3) is 0 Å². The Morgan fingerprint density at radius 3 is 2.10 bits per heavy atom. The molecule has 1 atom stereocenters. The van der Waals surface area contributed by atoms with Crippen LogP contribution in [0.5, 0.6) is 0 Å². The van der Waals surface area contributed by atoms with Crippen LogP contribution in [0.3, 0.4) is 0 Å². The standard InChI is InChI=1S/C7H12O3/c1-4-5(6(8)9)7(2,3)10/h4-5,10H,1H2,2-3H3,(H,8,9). The van der Waals surface area contributed by atoms with Crippen LogP contribution in [0, 0.1) is 5.92 Å². The second-order valence-electron chi connectivity index (χ2n) is 2.71.